The Bertz CT molecular complexity index is 997. The van der Waals surface area contributed by atoms with Crippen LogP contribution in [0.1, 0.15) is 53.4 Å². The molecule has 0 atom stereocenters. The number of thioether (sulfide) groups is 1. The molecule has 2 aliphatic rings. The van der Waals surface area contributed by atoms with Gasteiger partial charge >= 0.3 is 5.97 Å². The van der Waals surface area contributed by atoms with E-state index in [4.69, 9.17) is 4.74 Å². The van der Waals surface area contributed by atoms with Crippen molar-refractivity contribution in [2.75, 3.05) is 23.0 Å². The first-order valence-corrected chi connectivity index (χ1v) is 12.5. The van der Waals surface area contributed by atoms with E-state index in [2.05, 4.69) is 10.6 Å². The third-order valence-corrected chi connectivity index (χ3v) is 7.52. The Balaban J connectivity index is 1.39. The number of anilines is 2. The highest BCUT2D eigenvalue weighted by Crippen LogP contribution is 2.39. The fourth-order valence-corrected chi connectivity index (χ4v) is 5.69. The topological polar surface area (TPSA) is 84.5 Å². The van der Waals surface area contributed by atoms with Crippen molar-refractivity contribution in [3.63, 3.8) is 0 Å². The molecule has 0 spiro atoms. The van der Waals surface area contributed by atoms with Gasteiger partial charge in [-0.15, -0.1) is 23.1 Å². The quantitative estimate of drug-likeness (QED) is 0.435. The number of amides is 2. The van der Waals surface area contributed by atoms with Crippen LogP contribution in [-0.4, -0.2) is 30.1 Å². The molecule has 2 aromatic rings. The van der Waals surface area contributed by atoms with Gasteiger partial charge in [0.1, 0.15) is 5.00 Å². The smallest absolute Gasteiger partial charge is 0.341 e. The predicted molar refractivity (Wildman–Crippen MR) is 124 cm³/mol. The highest BCUT2D eigenvalue weighted by atomic mass is 32.2. The molecule has 1 saturated carbocycles. The fourth-order valence-electron chi connectivity index (χ4n) is 3.64. The van der Waals surface area contributed by atoms with Gasteiger partial charge in [0.15, 0.2) is 0 Å². The van der Waals surface area contributed by atoms with Crippen molar-refractivity contribution in [3.8, 4) is 0 Å². The van der Waals surface area contributed by atoms with Crippen LogP contribution in [0, 0.1) is 5.92 Å². The second-order valence-corrected chi connectivity index (χ2v) is 9.92. The third-order valence-electron chi connectivity index (χ3n) is 5.32. The Hall–Kier alpha value is -2.32. The number of ether oxygens (including phenoxy) is 1. The van der Waals surface area contributed by atoms with Crippen molar-refractivity contribution in [1.29, 1.82) is 0 Å². The first-order valence-electron chi connectivity index (χ1n) is 10.7. The van der Waals surface area contributed by atoms with Gasteiger partial charge in [0.2, 0.25) is 11.8 Å². The van der Waals surface area contributed by atoms with Crippen LogP contribution in [0.3, 0.4) is 0 Å². The molecule has 1 heterocycles. The molecule has 0 radical (unpaired) electrons. The summed E-state index contributed by atoms with van der Waals surface area (Å²) >= 11 is 2.89. The molecule has 2 amide bonds. The zero-order valence-corrected chi connectivity index (χ0v) is 19.1. The molecule has 0 saturated heterocycles. The number of carbonyl (C=O) groups excluding carboxylic acids is 3. The molecule has 4 rings (SSSR count). The van der Waals surface area contributed by atoms with Crippen molar-refractivity contribution < 1.29 is 19.1 Å². The van der Waals surface area contributed by atoms with Gasteiger partial charge in [0.05, 0.1) is 17.9 Å². The zero-order valence-electron chi connectivity index (χ0n) is 17.5. The van der Waals surface area contributed by atoms with Crippen LogP contribution >= 0.6 is 23.1 Å². The van der Waals surface area contributed by atoms with E-state index in [-0.39, 0.29) is 29.5 Å². The standard InChI is InChI=1S/C23H26N2O4S2/c1-2-29-23(28)20-17-8-3-4-9-18(17)31-22(20)25-19(26)13-30-16-7-5-6-15(12-16)24-21(27)14-10-11-14/h5-7,12,14H,2-4,8-11,13H2,1H3,(H,24,27)(H,25,26). The minimum atomic E-state index is -0.357. The summed E-state index contributed by atoms with van der Waals surface area (Å²) in [7, 11) is 0. The third kappa shape index (κ3) is 5.49. The van der Waals surface area contributed by atoms with Crippen LogP contribution in [0.15, 0.2) is 29.2 Å². The molecule has 0 unspecified atom stereocenters. The van der Waals surface area contributed by atoms with Gasteiger partial charge in [-0.3, -0.25) is 9.59 Å². The first kappa shape index (κ1) is 21.9. The van der Waals surface area contributed by atoms with E-state index in [0.29, 0.717) is 17.2 Å². The van der Waals surface area contributed by atoms with Gasteiger partial charge < -0.3 is 15.4 Å². The van der Waals surface area contributed by atoms with Gasteiger partial charge in [-0.2, -0.15) is 0 Å². The second-order valence-electron chi connectivity index (χ2n) is 7.76. The lowest BCUT2D eigenvalue weighted by atomic mass is 9.95. The van der Waals surface area contributed by atoms with E-state index in [9.17, 15) is 14.4 Å². The average Bonchev–Trinajstić information content (AvgIpc) is 3.54. The highest BCUT2D eigenvalue weighted by molar-refractivity contribution is 8.00. The van der Waals surface area contributed by atoms with Crippen LogP contribution in [-0.2, 0) is 27.2 Å². The number of aryl methyl sites for hydroxylation is 1. The minimum absolute atomic E-state index is 0.0630. The number of carbonyl (C=O) groups is 3. The second kappa shape index (κ2) is 9.87. The number of benzene rings is 1. The molecule has 1 fully saturated rings. The van der Waals surface area contributed by atoms with Gasteiger partial charge in [-0.25, -0.2) is 4.79 Å². The lowest BCUT2D eigenvalue weighted by Crippen LogP contribution is -2.17. The molecular formula is C23H26N2O4S2. The monoisotopic (exact) mass is 458 g/mol. The van der Waals surface area contributed by atoms with Gasteiger partial charge in [-0.1, -0.05) is 6.07 Å². The summed E-state index contributed by atoms with van der Waals surface area (Å²) in [5, 5.41) is 6.46. The first-order chi connectivity index (χ1) is 15.0. The van der Waals surface area contributed by atoms with Crippen LogP contribution in [0.25, 0.3) is 0 Å². The van der Waals surface area contributed by atoms with E-state index in [1.165, 1.54) is 28.0 Å². The number of nitrogens with one attached hydrogen (secondary N) is 2. The molecule has 2 N–H and O–H groups in total. The summed E-state index contributed by atoms with van der Waals surface area (Å²) in [4.78, 5) is 39.2. The number of thiophene rings is 1. The zero-order chi connectivity index (χ0) is 21.8. The molecule has 6 nitrogen and oxygen atoms in total. The summed E-state index contributed by atoms with van der Waals surface area (Å²) in [5.41, 5.74) is 2.32. The number of esters is 1. The normalized spacial score (nSPS) is 15.1. The van der Waals surface area contributed by atoms with Crippen molar-refractivity contribution >= 4 is 51.6 Å². The number of hydrogen-bond acceptors (Lipinski definition) is 6. The van der Waals surface area contributed by atoms with E-state index in [0.717, 1.165) is 54.7 Å². The van der Waals surface area contributed by atoms with Crippen LogP contribution in [0.5, 0.6) is 0 Å². The molecular weight excluding hydrogens is 432 g/mol. The van der Waals surface area contributed by atoms with E-state index in [1.54, 1.807) is 6.92 Å². The lowest BCUT2D eigenvalue weighted by Gasteiger charge is -2.12. The maximum atomic E-state index is 12.6. The molecule has 1 aromatic heterocycles. The maximum Gasteiger partial charge on any atom is 0.341 e. The largest absolute Gasteiger partial charge is 0.462 e. The van der Waals surface area contributed by atoms with Gasteiger partial charge in [0.25, 0.3) is 0 Å². The predicted octanol–water partition coefficient (Wildman–Crippen LogP) is 4.88. The van der Waals surface area contributed by atoms with Crippen LogP contribution < -0.4 is 10.6 Å². The van der Waals surface area contributed by atoms with Crippen LogP contribution in [0.4, 0.5) is 10.7 Å². The summed E-state index contributed by atoms with van der Waals surface area (Å²) < 4.78 is 5.25. The molecule has 8 heteroatoms. The Morgan fingerprint density at radius 3 is 2.74 bits per heavy atom. The number of rotatable bonds is 8. The molecule has 164 valence electrons. The molecule has 0 bridgehead atoms. The molecule has 31 heavy (non-hydrogen) atoms. The summed E-state index contributed by atoms with van der Waals surface area (Å²) in [6.07, 6.45) is 5.86. The SMILES string of the molecule is CCOC(=O)c1c(NC(=O)CSc2cccc(NC(=O)C3CC3)c2)sc2c1CCCC2. The maximum absolute atomic E-state index is 12.6. The van der Waals surface area contributed by atoms with E-state index < -0.39 is 0 Å². The van der Waals surface area contributed by atoms with Crippen LogP contribution in [0.2, 0.25) is 0 Å². The summed E-state index contributed by atoms with van der Waals surface area (Å²) in [6.45, 7) is 2.09. The fraction of sp³-hybridized carbons (Fsp3) is 0.435. The average molecular weight is 459 g/mol. The summed E-state index contributed by atoms with van der Waals surface area (Å²) in [5.74, 6) is -0.101. The van der Waals surface area contributed by atoms with Crippen molar-refractivity contribution in [3.05, 3.63) is 40.3 Å². The highest BCUT2D eigenvalue weighted by Gasteiger charge is 2.29. The van der Waals surface area contributed by atoms with Crippen molar-refractivity contribution in [2.45, 2.75) is 50.3 Å². The van der Waals surface area contributed by atoms with Gasteiger partial charge in [-0.05, 0) is 69.2 Å². The van der Waals surface area contributed by atoms with E-state index in [1.807, 2.05) is 24.3 Å². The Morgan fingerprint density at radius 1 is 1.16 bits per heavy atom. The Labute approximate surface area is 190 Å². The molecule has 0 aliphatic heterocycles. The van der Waals surface area contributed by atoms with Crippen molar-refractivity contribution in [1.82, 2.24) is 0 Å². The summed E-state index contributed by atoms with van der Waals surface area (Å²) in [6, 6.07) is 7.52. The van der Waals surface area contributed by atoms with Gasteiger partial charge in [0, 0.05) is 21.4 Å². The number of fused-ring (bicyclic) bond motifs is 1. The Morgan fingerprint density at radius 2 is 1.97 bits per heavy atom. The number of hydrogen-bond donors (Lipinski definition) is 2. The lowest BCUT2D eigenvalue weighted by molar-refractivity contribution is -0.117. The van der Waals surface area contributed by atoms with Crippen molar-refractivity contribution in [2.24, 2.45) is 5.92 Å². The Kier molecular flexibility index (Phi) is 6.97. The minimum Gasteiger partial charge on any atom is -0.462 e. The molecule has 2 aliphatic carbocycles. The van der Waals surface area contributed by atoms with E-state index >= 15 is 0 Å². The molecule has 1 aromatic carbocycles.